The van der Waals surface area contributed by atoms with E-state index in [4.69, 9.17) is 11.6 Å². The highest BCUT2D eigenvalue weighted by atomic mass is 35.5. The number of likely N-dealkylation sites (N-methyl/N-ethyl adjacent to an activating group) is 1. The number of nitrogens with zero attached hydrogens (tertiary/aromatic N) is 3. The predicted molar refractivity (Wildman–Crippen MR) is 176 cm³/mol. The van der Waals surface area contributed by atoms with E-state index < -0.39 is 10.0 Å². The largest absolute Gasteiger partial charge is 0.494 e. The number of aromatic hydroxyl groups is 1. The van der Waals surface area contributed by atoms with Gasteiger partial charge in [-0.05, 0) is 61.6 Å². The molecule has 0 amide bonds. The van der Waals surface area contributed by atoms with Crippen LogP contribution in [0.1, 0.15) is 21.5 Å². The van der Waals surface area contributed by atoms with Gasteiger partial charge in [-0.3, -0.25) is 14.5 Å². The SMILES string of the molecule is CN1CCN(c2ccc(N=Cc3c(O)[nH]c4cc(C(=O)c5cccc(NS(=O)(=O)c6ccccc6Cl)c5)ccc34)cc2)CC1. The van der Waals surface area contributed by atoms with E-state index in [1.807, 2.05) is 12.1 Å². The summed E-state index contributed by atoms with van der Waals surface area (Å²) in [7, 11) is -1.83. The molecule has 0 radical (unpaired) electrons. The third-order valence-electron chi connectivity index (χ3n) is 7.64. The number of anilines is 2. The molecule has 9 nitrogen and oxygen atoms in total. The normalized spacial score (nSPS) is 14.4. The molecule has 11 heteroatoms. The van der Waals surface area contributed by atoms with Gasteiger partial charge in [-0.1, -0.05) is 48.0 Å². The maximum absolute atomic E-state index is 13.4. The third-order valence-corrected chi connectivity index (χ3v) is 9.53. The number of sulfonamides is 1. The maximum Gasteiger partial charge on any atom is 0.263 e. The van der Waals surface area contributed by atoms with E-state index in [1.54, 1.807) is 54.7 Å². The molecule has 0 spiro atoms. The van der Waals surface area contributed by atoms with E-state index in [0.717, 1.165) is 37.6 Å². The fraction of sp³-hybridized carbons (Fsp3) is 0.152. The molecule has 2 heterocycles. The van der Waals surface area contributed by atoms with Gasteiger partial charge >= 0.3 is 0 Å². The number of ketones is 1. The highest BCUT2D eigenvalue weighted by Crippen LogP contribution is 2.29. The molecule has 0 unspecified atom stereocenters. The van der Waals surface area contributed by atoms with Gasteiger partial charge in [0.15, 0.2) is 11.7 Å². The van der Waals surface area contributed by atoms with Crippen LogP contribution in [0.25, 0.3) is 10.9 Å². The second-order valence-corrected chi connectivity index (χ2v) is 12.7. The fourth-order valence-electron chi connectivity index (χ4n) is 5.19. The zero-order valence-electron chi connectivity index (χ0n) is 23.9. The van der Waals surface area contributed by atoms with Gasteiger partial charge in [0, 0.05) is 65.8 Å². The highest BCUT2D eigenvalue weighted by Gasteiger charge is 2.19. The standard InChI is InChI=1S/C33H30ClN5O4S/c1-38-15-17-39(18-16-38)26-12-10-24(11-13-26)35-21-28-27-14-9-23(20-30(27)36-33(28)41)32(40)22-5-4-6-25(19-22)37-44(42,43)31-8-3-2-7-29(31)34/h2-14,19-21,36-37,41H,15-18H2,1H3. The number of aromatic amines is 1. The van der Waals surface area contributed by atoms with Crippen molar-refractivity contribution in [2.24, 2.45) is 4.99 Å². The lowest BCUT2D eigenvalue weighted by Crippen LogP contribution is -2.44. The summed E-state index contributed by atoms with van der Waals surface area (Å²) in [6, 6.07) is 25.5. The van der Waals surface area contributed by atoms with Crippen molar-refractivity contribution in [1.82, 2.24) is 9.88 Å². The van der Waals surface area contributed by atoms with E-state index in [-0.39, 0.29) is 27.3 Å². The van der Waals surface area contributed by atoms with Crippen molar-refractivity contribution >= 4 is 61.6 Å². The summed E-state index contributed by atoms with van der Waals surface area (Å²) in [4.78, 5) is 25.5. The number of hydrogen-bond donors (Lipinski definition) is 3. The molecule has 0 aliphatic carbocycles. The fourth-order valence-corrected chi connectivity index (χ4v) is 6.76. The van der Waals surface area contributed by atoms with Gasteiger partial charge in [0.2, 0.25) is 0 Å². The molecule has 1 saturated heterocycles. The van der Waals surface area contributed by atoms with Gasteiger partial charge < -0.3 is 19.9 Å². The number of H-pyrrole nitrogens is 1. The maximum atomic E-state index is 13.4. The summed E-state index contributed by atoms with van der Waals surface area (Å²) in [6.07, 6.45) is 1.61. The van der Waals surface area contributed by atoms with Crippen molar-refractivity contribution in [2.75, 3.05) is 42.8 Å². The van der Waals surface area contributed by atoms with Gasteiger partial charge in [-0.25, -0.2) is 8.42 Å². The number of piperazine rings is 1. The summed E-state index contributed by atoms with van der Waals surface area (Å²) in [5.41, 5.74) is 3.88. The topological polar surface area (TPSA) is 118 Å². The lowest BCUT2D eigenvalue weighted by atomic mass is 10.0. The first kappa shape index (κ1) is 29.4. The van der Waals surface area contributed by atoms with Crippen LogP contribution in [0.15, 0.2) is 101 Å². The van der Waals surface area contributed by atoms with Crippen molar-refractivity contribution in [3.63, 3.8) is 0 Å². The van der Waals surface area contributed by atoms with Gasteiger partial charge in [0.1, 0.15) is 4.90 Å². The Morgan fingerprint density at radius 1 is 0.932 bits per heavy atom. The van der Waals surface area contributed by atoms with Crippen LogP contribution in [0.2, 0.25) is 5.02 Å². The van der Waals surface area contributed by atoms with E-state index in [1.165, 1.54) is 18.2 Å². The number of carbonyl (C=O) groups is 1. The molecule has 1 fully saturated rings. The van der Waals surface area contributed by atoms with Crippen LogP contribution in [0.3, 0.4) is 0 Å². The Morgan fingerprint density at radius 3 is 2.41 bits per heavy atom. The van der Waals surface area contributed by atoms with Gasteiger partial charge in [-0.15, -0.1) is 0 Å². The lowest BCUT2D eigenvalue weighted by Gasteiger charge is -2.34. The molecule has 5 aromatic rings. The van der Waals surface area contributed by atoms with Crippen LogP contribution in [0, 0.1) is 0 Å². The first-order valence-corrected chi connectivity index (χ1v) is 15.9. The Hall–Kier alpha value is -4.64. The molecule has 0 bridgehead atoms. The summed E-state index contributed by atoms with van der Waals surface area (Å²) in [5, 5.41) is 11.4. The predicted octanol–water partition coefficient (Wildman–Crippen LogP) is 6.06. The molecular formula is C33H30ClN5O4S. The number of carbonyl (C=O) groups excluding carboxylic acids is 1. The number of fused-ring (bicyclic) bond motifs is 1. The first-order chi connectivity index (χ1) is 21.2. The van der Waals surface area contributed by atoms with Crippen LogP contribution in [-0.4, -0.2) is 68.6 Å². The molecule has 6 rings (SSSR count). The van der Waals surface area contributed by atoms with E-state index in [2.05, 4.69) is 43.7 Å². The lowest BCUT2D eigenvalue weighted by molar-refractivity contribution is 0.103. The number of halogens is 1. The Morgan fingerprint density at radius 2 is 1.66 bits per heavy atom. The Labute approximate surface area is 260 Å². The Bertz CT molecular complexity index is 1980. The number of aliphatic imine (C=N–C) groups is 1. The molecule has 0 saturated carbocycles. The molecule has 44 heavy (non-hydrogen) atoms. The molecule has 0 atom stereocenters. The van der Waals surface area contributed by atoms with Gasteiger partial charge in [-0.2, -0.15) is 0 Å². The third kappa shape index (κ3) is 6.19. The molecule has 4 aromatic carbocycles. The number of benzene rings is 4. The average Bonchev–Trinajstić information content (AvgIpc) is 3.34. The number of nitrogens with one attached hydrogen (secondary N) is 2. The van der Waals surface area contributed by atoms with E-state index in [0.29, 0.717) is 27.6 Å². The highest BCUT2D eigenvalue weighted by molar-refractivity contribution is 7.92. The molecule has 3 N–H and O–H groups in total. The minimum atomic E-state index is -3.96. The zero-order chi connectivity index (χ0) is 30.8. The zero-order valence-corrected chi connectivity index (χ0v) is 25.4. The summed E-state index contributed by atoms with van der Waals surface area (Å²) >= 11 is 6.08. The summed E-state index contributed by atoms with van der Waals surface area (Å²) in [5.74, 6) is -0.367. The van der Waals surface area contributed by atoms with Crippen LogP contribution in [-0.2, 0) is 10.0 Å². The number of hydrogen-bond acceptors (Lipinski definition) is 7. The van der Waals surface area contributed by atoms with Gasteiger partial charge in [0.25, 0.3) is 10.0 Å². The molecule has 1 aliphatic rings. The molecular weight excluding hydrogens is 598 g/mol. The molecule has 224 valence electrons. The van der Waals surface area contributed by atoms with Crippen LogP contribution >= 0.6 is 11.6 Å². The minimum Gasteiger partial charge on any atom is -0.494 e. The van der Waals surface area contributed by atoms with Crippen molar-refractivity contribution in [3.8, 4) is 5.88 Å². The van der Waals surface area contributed by atoms with Crippen LogP contribution in [0.5, 0.6) is 5.88 Å². The quantitative estimate of drug-likeness (QED) is 0.142. The number of rotatable bonds is 8. The average molecular weight is 628 g/mol. The molecule has 1 aliphatic heterocycles. The van der Waals surface area contributed by atoms with Crippen molar-refractivity contribution in [3.05, 3.63) is 113 Å². The number of aromatic nitrogens is 1. The summed E-state index contributed by atoms with van der Waals surface area (Å²) < 4.78 is 28.2. The van der Waals surface area contributed by atoms with Crippen LogP contribution < -0.4 is 9.62 Å². The second-order valence-electron chi connectivity index (χ2n) is 10.7. The smallest absolute Gasteiger partial charge is 0.263 e. The first-order valence-electron chi connectivity index (χ1n) is 14.0. The van der Waals surface area contributed by atoms with Crippen molar-refractivity contribution < 1.29 is 18.3 Å². The van der Waals surface area contributed by atoms with Crippen molar-refractivity contribution in [2.45, 2.75) is 4.90 Å². The Balaban J connectivity index is 1.19. The minimum absolute atomic E-state index is 0.0571. The van der Waals surface area contributed by atoms with Crippen LogP contribution in [0.4, 0.5) is 17.1 Å². The van der Waals surface area contributed by atoms with Gasteiger partial charge in [0.05, 0.1) is 16.3 Å². The monoisotopic (exact) mass is 627 g/mol. The molecule has 1 aromatic heterocycles. The van der Waals surface area contributed by atoms with Crippen molar-refractivity contribution in [1.29, 1.82) is 0 Å². The second kappa shape index (κ2) is 12.2. The van der Waals surface area contributed by atoms with E-state index in [9.17, 15) is 18.3 Å². The van der Waals surface area contributed by atoms with E-state index >= 15 is 0 Å². The Kier molecular flexibility index (Phi) is 8.13. The summed E-state index contributed by atoms with van der Waals surface area (Å²) in [6.45, 7) is 4.04.